The molecule has 1 aromatic heterocycles. The van der Waals surface area contributed by atoms with Gasteiger partial charge in [-0.2, -0.15) is 0 Å². The number of carbonyl (C=O) groups excluding carboxylic acids is 1. The van der Waals surface area contributed by atoms with Crippen LogP contribution in [0.15, 0.2) is 18.2 Å². The highest BCUT2D eigenvalue weighted by Crippen LogP contribution is 2.05. The van der Waals surface area contributed by atoms with Crippen LogP contribution in [0.5, 0.6) is 0 Å². The molecule has 1 heterocycles. The van der Waals surface area contributed by atoms with Crippen LogP contribution < -0.4 is 11.1 Å². The molecule has 94 valence electrons. The molecule has 0 aromatic carbocycles. The van der Waals surface area contributed by atoms with Gasteiger partial charge in [-0.3, -0.25) is 4.79 Å². The lowest BCUT2D eigenvalue weighted by Crippen LogP contribution is -2.30. The van der Waals surface area contributed by atoms with Crippen molar-refractivity contribution in [2.45, 2.75) is 26.7 Å². The molecule has 0 spiro atoms. The number of nitrogens with two attached hydrogens (primary N) is 1. The number of hydrogen-bond donors (Lipinski definition) is 2. The van der Waals surface area contributed by atoms with Crippen molar-refractivity contribution in [2.24, 2.45) is 11.7 Å². The topological polar surface area (TPSA) is 68.0 Å². The van der Waals surface area contributed by atoms with Gasteiger partial charge in [0.25, 0.3) is 5.91 Å². The Labute approximate surface area is 103 Å². The van der Waals surface area contributed by atoms with Crippen LogP contribution in [0.4, 0.5) is 0 Å². The van der Waals surface area contributed by atoms with Crippen LogP contribution in [0.25, 0.3) is 0 Å². The number of aryl methyl sites for hydroxylation is 1. The van der Waals surface area contributed by atoms with E-state index in [0.717, 1.165) is 18.5 Å². The second-order valence-electron chi connectivity index (χ2n) is 4.23. The summed E-state index contributed by atoms with van der Waals surface area (Å²) in [5.74, 6) is 0.345. The van der Waals surface area contributed by atoms with Gasteiger partial charge in [0.2, 0.25) is 0 Å². The number of carbonyl (C=O) groups is 1. The third kappa shape index (κ3) is 4.53. The van der Waals surface area contributed by atoms with Crippen molar-refractivity contribution < 1.29 is 4.79 Å². The molecule has 1 amide bonds. The van der Waals surface area contributed by atoms with Crippen molar-refractivity contribution in [1.29, 1.82) is 0 Å². The maximum absolute atomic E-state index is 11.8. The second-order valence-corrected chi connectivity index (χ2v) is 4.23. The minimum absolute atomic E-state index is 0.107. The van der Waals surface area contributed by atoms with E-state index in [2.05, 4.69) is 17.2 Å². The van der Waals surface area contributed by atoms with Gasteiger partial charge in [0.05, 0.1) is 0 Å². The highest BCUT2D eigenvalue weighted by Gasteiger charge is 2.10. The second kappa shape index (κ2) is 7.01. The first-order valence-electron chi connectivity index (χ1n) is 6.09. The maximum Gasteiger partial charge on any atom is 0.269 e. The summed E-state index contributed by atoms with van der Waals surface area (Å²) >= 11 is 0. The maximum atomic E-state index is 11.8. The average molecular weight is 235 g/mol. The Morgan fingerprint density at radius 2 is 2.29 bits per heavy atom. The van der Waals surface area contributed by atoms with Gasteiger partial charge in [0.15, 0.2) is 0 Å². The molecular formula is C13H21N3O. The first kappa shape index (κ1) is 13.6. The van der Waals surface area contributed by atoms with Gasteiger partial charge in [-0.25, -0.2) is 4.98 Å². The van der Waals surface area contributed by atoms with E-state index in [9.17, 15) is 4.79 Å². The molecule has 0 aliphatic carbocycles. The van der Waals surface area contributed by atoms with Crippen LogP contribution in [0, 0.1) is 12.8 Å². The number of amides is 1. The van der Waals surface area contributed by atoms with Gasteiger partial charge in [0, 0.05) is 12.2 Å². The van der Waals surface area contributed by atoms with Gasteiger partial charge in [0.1, 0.15) is 5.69 Å². The van der Waals surface area contributed by atoms with Crippen molar-refractivity contribution in [2.75, 3.05) is 13.1 Å². The molecule has 0 fully saturated rings. The molecule has 0 saturated carbocycles. The summed E-state index contributed by atoms with van der Waals surface area (Å²) in [6, 6.07) is 5.45. The highest BCUT2D eigenvalue weighted by molar-refractivity contribution is 5.92. The third-order valence-electron chi connectivity index (χ3n) is 2.82. The number of nitrogens with one attached hydrogen (secondary N) is 1. The Bertz CT molecular complexity index is 365. The number of aromatic nitrogens is 1. The minimum Gasteiger partial charge on any atom is -0.350 e. The summed E-state index contributed by atoms with van der Waals surface area (Å²) in [7, 11) is 0. The molecule has 1 atom stereocenters. The molecule has 1 rings (SSSR count). The van der Waals surface area contributed by atoms with Crippen LogP contribution in [0.2, 0.25) is 0 Å². The highest BCUT2D eigenvalue weighted by atomic mass is 16.1. The fourth-order valence-electron chi connectivity index (χ4n) is 1.68. The Kier molecular flexibility index (Phi) is 5.63. The fourth-order valence-corrected chi connectivity index (χ4v) is 1.68. The lowest BCUT2D eigenvalue weighted by molar-refractivity contribution is 0.0941. The van der Waals surface area contributed by atoms with E-state index in [1.807, 2.05) is 19.1 Å². The standard InChI is InChI=1S/C13H21N3O/c1-3-11(7-8-14)9-15-13(17)12-6-4-5-10(2)16-12/h4-6,11H,3,7-9,14H2,1-2H3,(H,15,17). The lowest BCUT2D eigenvalue weighted by atomic mass is 10.0. The zero-order chi connectivity index (χ0) is 12.7. The van der Waals surface area contributed by atoms with Crippen LogP contribution >= 0.6 is 0 Å². The number of hydrogen-bond acceptors (Lipinski definition) is 3. The summed E-state index contributed by atoms with van der Waals surface area (Å²) < 4.78 is 0. The molecule has 0 aliphatic rings. The lowest BCUT2D eigenvalue weighted by Gasteiger charge is -2.14. The molecule has 0 aliphatic heterocycles. The molecule has 4 nitrogen and oxygen atoms in total. The molecule has 1 aromatic rings. The van der Waals surface area contributed by atoms with E-state index in [0.29, 0.717) is 24.7 Å². The molecule has 0 bridgehead atoms. The third-order valence-corrected chi connectivity index (χ3v) is 2.82. The first-order valence-corrected chi connectivity index (χ1v) is 6.09. The zero-order valence-corrected chi connectivity index (χ0v) is 10.6. The van der Waals surface area contributed by atoms with Crippen LogP contribution in [0.3, 0.4) is 0 Å². The van der Waals surface area contributed by atoms with Crippen LogP contribution in [-0.2, 0) is 0 Å². The molecule has 0 saturated heterocycles. The summed E-state index contributed by atoms with van der Waals surface area (Å²) in [5, 5.41) is 2.90. The van der Waals surface area contributed by atoms with Crippen LogP contribution in [-0.4, -0.2) is 24.0 Å². The molecule has 4 heteroatoms. The normalized spacial score (nSPS) is 12.2. The quantitative estimate of drug-likeness (QED) is 0.785. The van der Waals surface area contributed by atoms with Gasteiger partial charge >= 0.3 is 0 Å². The van der Waals surface area contributed by atoms with Gasteiger partial charge < -0.3 is 11.1 Å². The van der Waals surface area contributed by atoms with E-state index in [1.165, 1.54) is 0 Å². The Morgan fingerprint density at radius 3 is 2.88 bits per heavy atom. The molecule has 1 unspecified atom stereocenters. The zero-order valence-electron chi connectivity index (χ0n) is 10.6. The van der Waals surface area contributed by atoms with Gasteiger partial charge in [-0.05, 0) is 37.9 Å². The van der Waals surface area contributed by atoms with E-state index >= 15 is 0 Å². The molecule has 0 radical (unpaired) electrons. The van der Waals surface area contributed by atoms with Crippen molar-refractivity contribution in [1.82, 2.24) is 10.3 Å². The summed E-state index contributed by atoms with van der Waals surface area (Å²) in [6.45, 7) is 5.32. The number of rotatable bonds is 6. The van der Waals surface area contributed by atoms with Crippen molar-refractivity contribution >= 4 is 5.91 Å². The summed E-state index contributed by atoms with van der Waals surface area (Å²) in [4.78, 5) is 16.0. The van der Waals surface area contributed by atoms with E-state index in [1.54, 1.807) is 6.07 Å². The first-order chi connectivity index (χ1) is 8.17. The summed E-state index contributed by atoms with van der Waals surface area (Å²) in [5.41, 5.74) is 6.85. The van der Waals surface area contributed by atoms with E-state index in [4.69, 9.17) is 5.73 Å². The number of pyridine rings is 1. The Morgan fingerprint density at radius 1 is 1.53 bits per heavy atom. The van der Waals surface area contributed by atoms with Gasteiger partial charge in [-0.15, -0.1) is 0 Å². The summed E-state index contributed by atoms with van der Waals surface area (Å²) in [6.07, 6.45) is 1.97. The predicted molar refractivity (Wildman–Crippen MR) is 68.8 cm³/mol. The minimum atomic E-state index is -0.107. The van der Waals surface area contributed by atoms with Crippen molar-refractivity contribution in [3.05, 3.63) is 29.6 Å². The van der Waals surface area contributed by atoms with E-state index < -0.39 is 0 Å². The smallest absolute Gasteiger partial charge is 0.269 e. The van der Waals surface area contributed by atoms with E-state index in [-0.39, 0.29) is 5.91 Å². The largest absolute Gasteiger partial charge is 0.350 e. The molecular weight excluding hydrogens is 214 g/mol. The van der Waals surface area contributed by atoms with Gasteiger partial charge in [-0.1, -0.05) is 19.4 Å². The molecule has 3 N–H and O–H groups in total. The fraction of sp³-hybridized carbons (Fsp3) is 0.538. The van der Waals surface area contributed by atoms with Crippen molar-refractivity contribution in [3.8, 4) is 0 Å². The molecule has 17 heavy (non-hydrogen) atoms. The Balaban J connectivity index is 2.49. The Hall–Kier alpha value is -1.42. The number of nitrogens with zero attached hydrogens (tertiary/aromatic N) is 1. The van der Waals surface area contributed by atoms with Crippen LogP contribution in [0.1, 0.15) is 35.9 Å². The monoisotopic (exact) mass is 235 g/mol. The predicted octanol–water partition coefficient (Wildman–Crippen LogP) is 1.49. The average Bonchev–Trinajstić information content (AvgIpc) is 2.34. The van der Waals surface area contributed by atoms with Crippen molar-refractivity contribution in [3.63, 3.8) is 0 Å². The SMILES string of the molecule is CCC(CCN)CNC(=O)c1cccc(C)n1.